The molecule has 4 aromatic rings. The monoisotopic (exact) mass is 421 g/mol. The summed E-state index contributed by atoms with van der Waals surface area (Å²) in [6, 6.07) is 9.83. The Morgan fingerprint density at radius 2 is 2.00 bits per heavy atom. The fraction of sp³-hybridized carbons (Fsp3) is 0.273. The Bertz CT molecular complexity index is 1190. The van der Waals surface area contributed by atoms with Crippen LogP contribution in [0.3, 0.4) is 0 Å². The third-order valence-electron chi connectivity index (χ3n) is 4.60. The van der Waals surface area contributed by atoms with Gasteiger partial charge >= 0.3 is 0 Å². The molecule has 0 bridgehead atoms. The number of carbonyl (C=O) groups excluding carboxylic acids is 1. The van der Waals surface area contributed by atoms with E-state index in [0.717, 1.165) is 27.4 Å². The van der Waals surface area contributed by atoms with Crippen LogP contribution in [-0.2, 0) is 0 Å². The first kappa shape index (κ1) is 20.0. The molecule has 0 spiro atoms. The highest BCUT2D eigenvalue weighted by Crippen LogP contribution is 2.30. The van der Waals surface area contributed by atoms with Crippen LogP contribution in [0.2, 0.25) is 0 Å². The van der Waals surface area contributed by atoms with Gasteiger partial charge in [0.2, 0.25) is 0 Å². The summed E-state index contributed by atoms with van der Waals surface area (Å²) in [5, 5.41) is 8.98. The highest BCUT2D eigenvalue weighted by atomic mass is 32.1. The lowest BCUT2D eigenvalue weighted by Crippen LogP contribution is -2.12. The van der Waals surface area contributed by atoms with Crippen molar-refractivity contribution < 1.29 is 9.53 Å². The van der Waals surface area contributed by atoms with Crippen LogP contribution in [-0.4, -0.2) is 32.3 Å². The van der Waals surface area contributed by atoms with Crippen molar-refractivity contribution >= 4 is 34.0 Å². The minimum Gasteiger partial charge on any atom is -0.494 e. The van der Waals surface area contributed by atoms with Crippen molar-refractivity contribution in [3.05, 3.63) is 53.3 Å². The van der Waals surface area contributed by atoms with Gasteiger partial charge in [-0.2, -0.15) is 5.10 Å². The number of nitrogens with one attached hydrogen (secondary N) is 1. The van der Waals surface area contributed by atoms with Crippen molar-refractivity contribution in [2.75, 3.05) is 11.9 Å². The van der Waals surface area contributed by atoms with Gasteiger partial charge in [0.15, 0.2) is 5.65 Å². The van der Waals surface area contributed by atoms with E-state index in [1.807, 2.05) is 48.9 Å². The second-order valence-corrected chi connectivity index (χ2v) is 8.16. The quantitative estimate of drug-likeness (QED) is 0.469. The number of rotatable bonds is 6. The molecule has 0 unspecified atom stereocenters. The minimum absolute atomic E-state index is 0.195. The summed E-state index contributed by atoms with van der Waals surface area (Å²) in [6.45, 7) is 8.53. The van der Waals surface area contributed by atoms with Crippen molar-refractivity contribution in [2.45, 2.75) is 33.7 Å². The summed E-state index contributed by atoms with van der Waals surface area (Å²) >= 11 is 1.37. The first-order valence-corrected chi connectivity index (χ1v) is 10.6. The zero-order valence-corrected chi connectivity index (χ0v) is 18.2. The summed E-state index contributed by atoms with van der Waals surface area (Å²) in [5.41, 5.74) is 3.08. The highest BCUT2D eigenvalue weighted by molar-refractivity contribution is 7.17. The number of pyridine rings is 1. The van der Waals surface area contributed by atoms with Gasteiger partial charge in [0.1, 0.15) is 15.6 Å². The average Bonchev–Trinajstić information content (AvgIpc) is 3.32. The van der Waals surface area contributed by atoms with Crippen molar-refractivity contribution in [2.24, 2.45) is 0 Å². The molecular weight excluding hydrogens is 398 g/mol. The van der Waals surface area contributed by atoms with Gasteiger partial charge in [-0.1, -0.05) is 0 Å². The van der Waals surface area contributed by atoms with Crippen molar-refractivity contribution in [1.82, 2.24) is 19.7 Å². The van der Waals surface area contributed by atoms with Crippen LogP contribution < -0.4 is 10.1 Å². The first-order chi connectivity index (χ1) is 14.5. The maximum absolute atomic E-state index is 12.9. The Morgan fingerprint density at radius 1 is 1.23 bits per heavy atom. The Balaban J connectivity index is 1.54. The Kier molecular flexibility index (Phi) is 5.50. The molecule has 154 valence electrons. The molecule has 0 atom stereocenters. The van der Waals surface area contributed by atoms with Crippen LogP contribution in [0.15, 0.2) is 42.7 Å². The van der Waals surface area contributed by atoms with Crippen molar-refractivity contribution in [1.29, 1.82) is 0 Å². The van der Waals surface area contributed by atoms with Gasteiger partial charge in [0.05, 0.1) is 30.4 Å². The molecule has 0 radical (unpaired) electrons. The van der Waals surface area contributed by atoms with Gasteiger partial charge in [0.25, 0.3) is 5.91 Å². The number of nitrogens with zero attached hydrogens (tertiary/aromatic N) is 4. The lowest BCUT2D eigenvalue weighted by molar-refractivity contribution is 0.103. The fourth-order valence-electron chi connectivity index (χ4n) is 3.17. The predicted octanol–water partition coefficient (Wildman–Crippen LogP) is 5.10. The molecular formula is C22H23N5O2S. The molecule has 0 saturated heterocycles. The number of hydrogen-bond donors (Lipinski definition) is 1. The summed E-state index contributed by atoms with van der Waals surface area (Å²) in [4.78, 5) is 22.5. The van der Waals surface area contributed by atoms with Crippen LogP contribution in [0.4, 0.5) is 5.69 Å². The molecule has 3 aromatic heterocycles. The van der Waals surface area contributed by atoms with Gasteiger partial charge < -0.3 is 10.1 Å². The minimum atomic E-state index is -0.195. The van der Waals surface area contributed by atoms with Gasteiger partial charge in [-0.05, 0) is 58.0 Å². The van der Waals surface area contributed by atoms with Crippen molar-refractivity contribution in [3.8, 4) is 16.3 Å². The Morgan fingerprint density at radius 3 is 2.70 bits per heavy atom. The molecule has 0 fully saturated rings. The summed E-state index contributed by atoms with van der Waals surface area (Å²) in [5.74, 6) is 0.621. The molecule has 1 aromatic carbocycles. The second-order valence-electron chi connectivity index (χ2n) is 7.16. The largest absolute Gasteiger partial charge is 0.494 e. The number of amides is 1. The van der Waals surface area contributed by atoms with Gasteiger partial charge in [0, 0.05) is 17.0 Å². The number of fused-ring (bicyclic) bond motifs is 1. The SMILES string of the molecule is CCOc1ccc(-c2nc(C)c(C(=O)Nc3cnc4c(cnn4C(C)C)c3)s2)cc1. The van der Waals surface area contributed by atoms with E-state index in [-0.39, 0.29) is 11.9 Å². The fourth-order valence-corrected chi connectivity index (χ4v) is 4.13. The second kappa shape index (κ2) is 8.23. The number of thiazole rings is 1. The number of benzene rings is 1. The number of carbonyl (C=O) groups is 1. The third-order valence-corrected chi connectivity index (χ3v) is 5.80. The number of aryl methyl sites for hydroxylation is 1. The van der Waals surface area contributed by atoms with Crippen LogP contribution in [0.25, 0.3) is 21.6 Å². The molecule has 30 heavy (non-hydrogen) atoms. The normalized spacial score (nSPS) is 11.2. The Labute approximate surface area is 178 Å². The van der Waals surface area contributed by atoms with Crippen LogP contribution in [0, 0.1) is 6.92 Å². The molecule has 8 heteroatoms. The van der Waals surface area contributed by atoms with Gasteiger partial charge in [-0.3, -0.25) is 4.79 Å². The number of hydrogen-bond acceptors (Lipinski definition) is 6. The molecule has 4 rings (SSSR count). The maximum Gasteiger partial charge on any atom is 0.267 e. The zero-order valence-electron chi connectivity index (χ0n) is 17.3. The molecule has 0 saturated carbocycles. The maximum atomic E-state index is 12.9. The van der Waals surface area contributed by atoms with E-state index in [1.165, 1.54) is 11.3 Å². The standard InChI is InChI=1S/C22H23N5O2S/c1-5-29-18-8-6-15(7-9-18)22-25-14(4)19(30-22)21(28)26-17-10-16-11-24-27(13(2)3)20(16)23-12-17/h6-13H,5H2,1-4H3,(H,26,28). The number of aromatic nitrogens is 4. The Hall–Kier alpha value is -3.26. The van der Waals surface area contributed by atoms with Crippen molar-refractivity contribution in [3.63, 3.8) is 0 Å². The van der Waals surface area contributed by atoms with E-state index in [9.17, 15) is 4.79 Å². The lowest BCUT2D eigenvalue weighted by atomic mass is 10.2. The topological polar surface area (TPSA) is 81.9 Å². The molecule has 7 nitrogen and oxygen atoms in total. The molecule has 0 aliphatic heterocycles. The lowest BCUT2D eigenvalue weighted by Gasteiger charge is -2.07. The van der Waals surface area contributed by atoms with E-state index >= 15 is 0 Å². The van der Waals surface area contributed by atoms with E-state index in [1.54, 1.807) is 12.4 Å². The molecule has 0 aliphatic carbocycles. The third kappa shape index (κ3) is 3.91. The number of ether oxygens (including phenoxy) is 1. The summed E-state index contributed by atoms with van der Waals surface area (Å²) in [7, 11) is 0. The van der Waals surface area contributed by atoms with Gasteiger partial charge in [-0.25, -0.2) is 14.6 Å². The van der Waals surface area contributed by atoms with Crippen LogP contribution >= 0.6 is 11.3 Å². The van der Waals surface area contributed by atoms with E-state index in [4.69, 9.17) is 4.74 Å². The molecule has 3 heterocycles. The first-order valence-electron chi connectivity index (χ1n) is 9.81. The van der Waals surface area contributed by atoms with E-state index < -0.39 is 0 Å². The smallest absolute Gasteiger partial charge is 0.267 e. The molecule has 0 aliphatic rings. The molecule has 1 amide bonds. The van der Waals surface area contributed by atoms with E-state index in [0.29, 0.717) is 22.9 Å². The van der Waals surface area contributed by atoms with Gasteiger partial charge in [-0.15, -0.1) is 11.3 Å². The highest BCUT2D eigenvalue weighted by Gasteiger charge is 2.17. The summed E-state index contributed by atoms with van der Waals surface area (Å²) in [6.07, 6.45) is 3.42. The van der Waals surface area contributed by atoms with E-state index in [2.05, 4.69) is 34.2 Å². The predicted molar refractivity (Wildman–Crippen MR) is 119 cm³/mol. The number of anilines is 1. The zero-order chi connectivity index (χ0) is 21.3. The summed E-state index contributed by atoms with van der Waals surface area (Å²) < 4.78 is 7.34. The van der Waals surface area contributed by atoms with Crippen LogP contribution in [0.5, 0.6) is 5.75 Å². The average molecular weight is 422 g/mol. The molecule has 1 N–H and O–H groups in total. The van der Waals surface area contributed by atoms with Crippen LogP contribution in [0.1, 0.15) is 42.2 Å².